The zero-order chi connectivity index (χ0) is 23.2. The van der Waals surface area contributed by atoms with Gasteiger partial charge in [0.1, 0.15) is 11.6 Å². The number of ether oxygens (including phenoxy) is 2. The number of allylic oxidation sites excluding steroid dienone is 3. The van der Waals surface area contributed by atoms with Gasteiger partial charge in [-0.2, -0.15) is 5.10 Å². The maximum atomic E-state index is 14.6. The molecule has 1 N–H and O–H groups in total. The smallest absolute Gasteiger partial charge is 0.461 e. The van der Waals surface area contributed by atoms with Crippen molar-refractivity contribution in [1.82, 2.24) is 0 Å². The van der Waals surface area contributed by atoms with Gasteiger partial charge in [-0.05, 0) is 37.4 Å². The molecule has 0 amide bonds. The Morgan fingerprint density at radius 2 is 1.94 bits per heavy atom. The number of hydrogen-bond acceptors (Lipinski definition) is 7. The quantitative estimate of drug-likeness (QED) is 0.127. The molecule has 0 heterocycles. The molecule has 168 valence electrons. The Bertz CT molecular complexity index is 930. The van der Waals surface area contributed by atoms with Crippen molar-refractivity contribution in [1.29, 1.82) is 0 Å². The molecule has 6 nitrogen and oxygen atoms in total. The van der Waals surface area contributed by atoms with Gasteiger partial charge in [-0.25, -0.2) is 9.18 Å². The summed E-state index contributed by atoms with van der Waals surface area (Å²) in [6.45, 7) is 1.47. The number of nitrogens with zero attached hydrogens (tertiary/aromatic N) is 1. The molecule has 12 heteroatoms. The largest absolute Gasteiger partial charge is 0.573 e. The van der Waals surface area contributed by atoms with Crippen LogP contribution >= 0.6 is 27.7 Å². The molecule has 1 unspecified atom stereocenters. The van der Waals surface area contributed by atoms with Crippen molar-refractivity contribution in [3.05, 3.63) is 46.6 Å². The highest BCUT2D eigenvalue weighted by atomic mass is 79.9. The third-order valence-corrected chi connectivity index (χ3v) is 5.11. The highest BCUT2D eigenvalue weighted by Gasteiger charge is 2.33. The fraction of sp³-hybridized carbons (Fsp3) is 0.316. The summed E-state index contributed by atoms with van der Waals surface area (Å²) in [5.74, 6) is -3.21. The average molecular weight is 525 g/mol. The Morgan fingerprint density at radius 1 is 1.29 bits per heavy atom. The number of carbonyl (C=O) groups excluding carboxylic acids is 2. The van der Waals surface area contributed by atoms with E-state index in [0.29, 0.717) is 4.91 Å². The molecular weight excluding hydrogens is 508 g/mol. The molecule has 2 rings (SSSR count). The summed E-state index contributed by atoms with van der Waals surface area (Å²) in [5, 5.41) is 3.74. The Kier molecular flexibility index (Phi) is 8.69. The highest BCUT2D eigenvalue weighted by Crippen LogP contribution is 2.36. The molecule has 0 fully saturated rings. The van der Waals surface area contributed by atoms with Crippen LogP contribution in [0.5, 0.6) is 5.75 Å². The highest BCUT2D eigenvalue weighted by molar-refractivity contribution is 9.09. The van der Waals surface area contributed by atoms with E-state index in [1.54, 1.807) is 12.3 Å². The number of benzene rings is 1. The fourth-order valence-corrected chi connectivity index (χ4v) is 3.91. The number of esters is 1. The van der Waals surface area contributed by atoms with E-state index in [2.05, 4.69) is 31.2 Å². The first-order valence-corrected chi connectivity index (χ1v) is 10.9. The van der Waals surface area contributed by atoms with Crippen molar-refractivity contribution >= 4 is 50.8 Å². The van der Waals surface area contributed by atoms with Crippen LogP contribution in [0.3, 0.4) is 0 Å². The summed E-state index contributed by atoms with van der Waals surface area (Å²) in [6.07, 6.45) is -1.61. The predicted octanol–water partition coefficient (Wildman–Crippen LogP) is 5.12. The third-order valence-electron chi connectivity index (χ3n) is 3.74. The van der Waals surface area contributed by atoms with Gasteiger partial charge in [0.05, 0.1) is 17.9 Å². The van der Waals surface area contributed by atoms with E-state index in [4.69, 9.17) is 4.74 Å². The van der Waals surface area contributed by atoms with Crippen LogP contribution in [0.15, 0.2) is 51.7 Å². The van der Waals surface area contributed by atoms with Gasteiger partial charge in [0.2, 0.25) is 11.5 Å². The second kappa shape index (κ2) is 10.8. The number of nitrogens with one attached hydrogen (secondary N) is 1. The number of thioether (sulfide) groups is 1. The van der Waals surface area contributed by atoms with Gasteiger partial charge in [0.25, 0.3) is 0 Å². The summed E-state index contributed by atoms with van der Waals surface area (Å²) in [6, 6.07) is 4.43. The summed E-state index contributed by atoms with van der Waals surface area (Å²) in [7, 11) is 0. The van der Waals surface area contributed by atoms with E-state index in [1.807, 2.05) is 0 Å². The first-order valence-electron chi connectivity index (χ1n) is 8.76. The van der Waals surface area contributed by atoms with Gasteiger partial charge in [-0.1, -0.05) is 22.0 Å². The second-order valence-corrected chi connectivity index (χ2v) is 7.95. The minimum Gasteiger partial charge on any atom is -0.461 e. The number of hydrazone groups is 1. The summed E-state index contributed by atoms with van der Waals surface area (Å²) in [5.41, 5.74) is 1.57. The maximum Gasteiger partial charge on any atom is 0.573 e. The molecule has 0 saturated heterocycles. The SMILES string of the molecule is CCOC(=O)/C(=N/Nc1ccc(OC(F)(F)F)cc1)C(=O)C1=C(F)CC(Br)C=C1SC. The van der Waals surface area contributed by atoms with Crippen molar-refractivity contribution in [2.24, 2.45) is 5.10 Å². The van der Waals surface area contributed by atoms with Gasteiger partial charge >= 0.3 is 12.3 Å². The lowest BCUT2D eigenvalue weighted by molar-refractivity contribution is -0.274. The molecule has 1 aromatic rings. The molecule has 0 bridgehead atoms. The molecule has 0 aliphatic heterocycles. The molecule has 1 aliphatic rings. The van der Waals surface area contributed by atoms with Crippen LogP contribution in [0.25, 0.3) is 0 Å². The number of Topliss-reactive ketones (excluding diaryl/α,β-unsaturated/α-hetero) is 1. The molecule has 0 saturated carbocycles. The van der Waals surface area contributed by atoms with Crippen LogP contribution in [0.1, 0.15) is 13.3 Å². The van der Waals surface area contributed by atoms with Crippen molar-refractivity contribution < 1.29 is 36.6 Å². The fourth-order valence-electron chi connectivity index (χ4n) is 2.48. The van der Waals surface area contributed by atoms with E-state index < -0.39 is 35.4 Å². The number of carbonyl (C=O) groups is 2. The predicted molar refractivity (Wildman–Crippen MR) is 113 cm³/mol. The number of hydrogen-bond donors (Lipinski definition) is 1. The maximum absolute atomic E-state index is 14.6. The number of halogens is 5. The van der Waals surface area contributed by atoms with Gasteiger partial charge in [-0.15, -0.1) is 24.9 Å². The average Bonchev–Trinajstić information content (AvgIpc) is 2.67. The van der Waals surface area contributed by atoms with E-state index >= 15 is 0 Å². The standard InChI is InChI=1S/C19H17BrF4N2O4S/c1-3-29-18(28)16(17(27)15-13(21)8-10(20)9-14(15)31-2)26-25-11-4-6-12(7-5-11)30-19(22,23)24/h4-7,9-10,25H,3,8H2,1-2H3/b26-16+. The minimum atomic E-state index is -4.84. The molecule has 31 heavy (non-hydrogen) atoms. The van der Waals surface area contributed by atoms with Crippen LogP contribution in [-0.4, -0.2) is 41.5 Å². The second-order valence-electron chi connectivity index (χ2n) is 5.93. The van der Waals surface area contributed by atoms with Crippen LogP contribution in [0.2, 0.25) is 0 Å². The first-order chi connectivity index (χ1) is 14.6. The summed E-state index contributed by atoms with van der Waals surface area (Å²) < 4.78 is 59.9. The molecule has 0 spiro atoms. The van der Waals surface area contributed by atoms with E-state index in [9.17, 15) is 27.2 Å². The summed E-state index contributed by atoms with van der Waals surface area (Å²) in [4.78, 5) is 25.3. The molecule has 1 aromatic carbocycles. The van der Waals surface area contributed by atoms with Crippen LogP contribution in [0.4, 0.5) is 23.2 Å². The Labute approximate surface area is 187 Å². The van der Waals surface area contributed by atoms with Gasteiger partial charge in [-0.3, -0.25) is 10.2 Å². The molecule has 1 aliphatic carbocycles. The number of rotatable bonds is 8. The topological polar surface area (TPSA) is 77.0 Å². The van der Waals surface area contributed by atoms with Crippen LogP contribution < -0.4 is 10.2 Å². The normalized spacial score (nSPS) is 17.2. The molecular formula is C19H17BrF4N2O4S. The number of alkyl halides is 4. The molecule has 0 radical (unpaired) electrons. The van der Waals surface area contributed by atoms with E-state index in [-0.39, 0.29) is 29.1 Å². The lowest BCUT2D eigenvalue weighted by atomic mass is 9.99. The van der Waals surface area contributed by atoms with Crippen molar-refractivity contribution in [3.63, 3.8) is 0 Å². The summed E-state index contributed by atoms with van der Waals surface area (Å²) >= 11 is 4.40. The van der Waals surface area contributed by atoms with Crippen LogP contribution in [0, 0.1) is 0 Å². The third kappa shape index (κ3) is 7.10. The van der Waals surface area contributed by atoms with Crippen LogP contribution in [-0.2, 0) is 14.3 Å². The van der Waals surface area contributed by atoms with Crippen molar-refractivity contribution in [3.8, 4) is 5.75 Å². The zero-order valence-electron chi connectivity index (χ0n) is 16.3. The van der Waals surface area contributed by atoms with E-state index in [0.717, 1.165) is 23.9 Å². The Morgan fingerprint density at radius 3 is 2.48 bits per heavy atom. The van der Waals surface area contributed by atoms with Crippen molar-refractivity contribution in [2.75, 3.05) is 18.3 Å². The lowest BCUT2D eigenvalue weighted by Crippen LogP contribution is -2.30. The lowest BCUT2D eigenvalue weighted by Gasteiger charge is -2.18. The monoisotopic (exact) mass is 524 g/mol. The van der Waals surface area contributed by atoms with Gasteiger partial charge in [0, 0.05) is 16.2 Å². The minimum absolute atomic E-state index is 0.0508. The van der Waals surface area contributed by atoms with Gasteiger partial charge < -0.3 is 9.47 Å². The number of ketones is 1. The first kappa shape index (κ1) is 24.9. The zero-order valence-corrected chi connectivity index (χ0v) is 18.7. The van der Waals surface area contributed by atoms with E-state index in [1.165, 1.54) is 19.1 Å². The Hall–Kier alpha value is -2.34. The number of anilines is 1. The molecule has 1 atom stereocenters. The Balaban J connectivity index is 2.31. The molecule has 0 aromatic heterocycles. The van der Waals surface area contributed by atoms with Crippen molar-refractivity contribution in [2.45, 2.75) is 24.5 Å². The van der Waals surface area contributed by atoms with Gasteiger partial charge in [0.15, 0.2) is 0 Å².